The number of hydrogen-bond acceptors (Lipinski definition) is 13. The number of aromatic nitrogens is 1. The van der Waals surface area contributed by atoms with Crippen molar-refractivity contribution in [2.75, 3.05) is 39.5 Å². The van der Waals surface area contributed by atoms with Gasteiger partial charge in [0.15, 0.2) is 43.2 Å². The molecule has 0 bridgehead atoms. The molecule has 17 nitrogen and oxygen atoms in total. The number of rotatable bonds is 25. The third kappa shape index (κ3) is 13.0. The normalized spacial score (nSPS) is 30.0. The number of fused-ring (bicyclic) bond motifs is 7. The lowest BCUT2D eigenvalue weighted by Gasteiger charge is -2.59. The second kappa shape index (κ2) is 26.1. The highest BCUT2D eigenvalue weighted by molar-refractivity contribution is 7.46. The molecule has 3 heterocycles. The number of hydrogen-bond donors (Lipinski definition) is 5. The molecule has 82 heavy (non-hydrogen) atoms. The minimum atomic E-state index is -4.98. The summed E-state index contributed by atoms with van der Waals surface area (Å²) in [6.07, 6.45) is 21.1. The number of nitrogens with zero attached hydrogens (tertiary/aromatic N) is 2. The van der Waals surface area contributed by atoms with Crippen LogP contribution in [-0.2, 0) is 50.9 Å². The van der Waals surface area contributed by atoms with Gasteiger partial charge in [-0.15, -0.1) is 0 Å². The van der Waals surface area contributed by atoms with Crippen LogP contribution < -0.4 is 14.4 Å². The van der Waals surface area contributed by atoms with E-state index in [2.05, 4.69) is 43.4 Å². The molecular formula is C64H85N3O14P+. The van der Waals surface area contributed by atoms with Crippen molar-refractivity contribution in [3.8, 4) is 5.75 Å². The first-order valence-corrected chi connectivity index (χ1v) is 31.8. The Kier molecular flexibility index (Phi) is 19.2. The average molecular weight is 1150 g/mol. The Balaban J connectivity index is 0.747. The minimum absolute atomic E-state index is 0.0131. The zero-order valence-corrected chi connectivity index (χ0v) is 48.6. The summed E-state index contributed by atoms with van der Waals surface area (Å²) in [7, 11) is -4.98. The Bertz CT molecular complexity index is 2870. The van der Waals surface area contributed by atoms with Gasteiger partial charge in [-0.2, -0.15) is 4.57 Å². The van der Waals surface area contributed by atoms with Gasteiger partial charge < -0.3 is 43.9 Å². The van der Waals surface area contributed by atoms with Gasteiger partial charge in [-0.05, 0) is 143 Å². The Labute approximate surface area is 482 Å². The van der Waals surface area contributed by atoms with Gasteiger partial charge >= 0.3 is 13.8 Å². The van der Waals surface area contributed by atoms with E-state index >= 15 is 4.79 Å². The monoisotopic (exact) mass is 1150 g/mol. The van der Waals surface area contributed by atoms with E-state index in [1.165, 1.54) is 16.5 Å². The third-order valence-electron chi connectivity index (χ3n) is 19.6. The molecule has 5 unspecified atom stereocenters. The summed E-state index contributed by atoms with van der Waals surface area (Å²) in [6, 6.07) is 17.4. The number of aliphatic hydroxyl groups is 2. The molecule has 1 amide bonds. The number of amides is 1. The Morgan fingerprint density at radius 1 is 0.927 bits per heavy atom. The van der Waals surface area contributed by atoms with Crippen LogP contribution >= 0.6 is 7.82 Å². The molecule has 7 aliphatic rings. The molecule has 444 valence electrons. The van der Waals surface area contributed by atoms with Crippen molar-refractivity contribution in [2.24, 2.45) is 34.5 Å². The topological polar surface area (TPSA) is 232 Å². The van der Waals surface area contributed by atoms with E-state index in [4.69, 9.17) is 23.5 Å². The first-order valence-electron chi connectivity index (χ1n) is 30.3. The highest BCUT2D eigenvalue weighted by Gasteiger charge is 2.76. The fraction of sp³-hybridized carbons (Fsp3) is 0.609. The lowest BCUT2D eigenvalue weighted by molar-refractivity contribution is -0.688. The van der Waals surface area contributed by atoms with Crippen LogP contribution in [0, 0.1) is 34.5 Å². The molecule has 18 heteroatoms. The van der Waals surface area contributed by atoms with E-state index in [-0.39, 0.29) is 66.8 Å². The molecule has 5 aliphatic carbocycles. The van der Waals surface area contributed by atoms with Gasteiger partial charge in [0.2, 0.25) is 5.78 Å². The maximum absolute atomic E-state index is 15.2. The smallest absolute Gasteiger partial charge is 0.456 e. The predicted molar refractivity (Wildman–Crippen MR) is 304 cm³/mol. The standard InChI is InChI=1S/C64H84N3O14P/c1-62-29-28-49(68)36-48(62)25-26-50-51-37-57-64(63(51,2)38-53(69)58(50)62,80-61(79-57)44-20-9-6-10-21-44)56(71)42-78-60(73)52-23-16-32-67(52)59(72)46-22-15-31-66(40-46)41-47-35-45(24-27-55(47)81-82(74,75)76)54(70)39-65-30-12-3-4-13-33-77-34-14-11-19-43-17-7-5-8-18-43/h5,7-8,15,17-18,22,24,27-29,31,35-36,40,44,50-54,57-58,61,65,69-70H,3-4,6,9-14,16,19-21,23,25-26,30,32-34,37-39,41-42H2,1-2H3,(H-,74,75,76)/p+1/t50?,51?,52-,53?,54?,57+,58?,61+,62-,63-,64+/m0/s1. The van der Waals surface area contributed by atoms with Crippen molar-refractivity contribution in [1.82, 2.24) is 10.2 Å². The fourth-order valence-corrected chi connectivity index (χ4v) is 15.9. The van der Waals surface area contributed by atoms with Crippen LogP contribution in [0.15, 0.2) is 96.9 Å². The van der Waals surface area contributed by atoms with Crippen LogP contribution in [0.3, 0.4) is 0 Å². The Morgan fingerprint density at radius 2 is 1.71 bits per heavy atom. The Morgan fingerprint density at radius 3 is 2.50 bits per heavy atom. The van der Waals surface area contributed by atoms with Crippen molar-refractivity contribution in [3.05, 3.63) is 119 Å². The molecule has 6 fully saturated rings. The van der Waals surface area contributed by atoms with E-state index in [1.807, 2.05) is 12.1 Å². The molecule has 11 atom stereocenters. The SMILES string of the molecule is C[C@]12C=CC(=O)C=C1CCC1C2C(O)C[C@@]2(C)C1C[C@H]1O[C@@H](C3CCCCC3)O[C@]12C(=O)COC(=O)[C@@H]1CCCN1C(=O)c1ccc[n+](Cc2cc(C(O)CNCCCCCCOCCCCc3ccccc3)ccc2OP(=O)(O)O)c1. The van der Waals surface area contributed by atoms with Crippen LogP contribution in [0.1, 0.15) is 156 Å². The molecule has 0 radical (unpaired) electrons. The van der Waals surface area contributed by atoms with Gasteiger partial charge in [-0.1, -0.05) is 94.0 Å². The molecule has 2 aliphatic heterocycles. The molecule has 10 rings (SSSR count). The number of nitrogens with one attached hydrogen (secondary N) is 1. The summed E-state index contributed by atoms with van der Waals surface area (Å²) >= 11 is 0. The second-order valence-electron chi connectivity index (χ2n) is 24.8. The number of carbonyl (C=O) groups excluding carboxylic acids is 4. The van der Waals surface area contributed by atoms with E-state index in [0.717, 1.165) is 102 Å². The zero-order chi connectivity index (χ0) is 57.7. The first-order chi connectivity index (χ1) is 39.5. The molecule has 5 N–H and O–H groups in total. The number of ether oxygens (including phenoxy) is 4. The maximum Gasteiger partial charge on any atom is 0.524 e. The van der Waals surface area contributed by atoms with Crippen LogP contribution in [-0.4, -0.2) is 118 Å². The van der Waals surface area contributed by atoms with Gasteiger partial charge in [0, 0.05) is 55.0 Å². The van der Waals surface area contributed by atoms with Gasteiger partial charge in [-0.3, -0.25) is 24.2 Å². The average Bonchev–Trinajstić information content (AvgIpc) is 1.75. The van der Waals surface area contributed by atoms with Gasteiger partial charge in [0.05, 0.1) is 23.9 Å². The number of aliphatic hydroxyl groups excluding tert-OH is 2. The summed E-state index contributed by atoms with van der Waals surface area (Å²) in [5.74, 6) is -1.73. The lowest BCUT2D eigenvalue weighted by atomic mass is 9.46. The summed E-state index contributed by atoms with van der Waals surface area (Å²) in [5.41, 5.74) is 0.678. The molecule has 1 aromatic heterocycles. The summed E-state index contributed by atoms with van der Waals surface area (Å²) < 4.78 is 44.6. The van der Waals surface area contributed by atoms with Crippen molar-refractivity contribution in [3.63, 3.8) is 0 Å². The summed E-state index contributed by atoms with van der Waals surface area (Å²) in [5, 5.41) is 26.8. The number of carbonyl (C=O) groups is 4. The number of ketones is 2. The van der Waals surface area contributed by atoms with Gasteiger partial charge in [0.1, 0.15) is 17.4 Å². The van der Waals surface area contributed by atoms with Gasteiger partial charge in [0.25, 0.3) is 5.91 Å². The number of phosphoric ester groups is 1. The molecule has 0 spiro atoms. The predicted octanol–water partition coefficient (Wildman–Crippen LogP) is 8.38. The van der Waals surface area contributed by atoms with Crippen LogP contribution in [0.4, 0.5) is 0 Å². The number of pyridine rings is 1. The number of benzene rings is 2. The number of Topliss-reactive ketones (excluding diaryl/α,β-unsaturated/α-hetero) is 1. The number of phosphoric acid groups is 1. The number of esters is 1. The third-order valence-corrected chi connectivity index (χ3v) is 20.0. The zero-order valence-electron chi connectivity index (χ0n) is 47.7. The number of allylic oxidation sites excluding steroid dienone is 4. The number of likely N-dealkylation sites (tertiary alicyclic amines) is 1. The molecule has 4 saturated carbocycles. The van der Waals surface area contributed by atoms with Crippen molar-refractivity contribution >= 4 is 31.3 Å². The quantitative estimate of drug-likeness (QED) is 0.0232. The maximum atomic E-state index is 15.2. The first kappa shape index (κ1) is 60.2. The Hall–Kier alpha value is -4.94. The van der Waals surface area contributed by atoms with Crippen LogP contribution in [0.2, 0.25) is 0 Å². The highest BCUT2D eigenvalue weighted by Crippen LogP contribution is 2.70. The van der Waals surface area contributed by atoms with Crippen molar-refractivity contribution in [2.45, 2.75) is 172 Å². The van der Waals surface area contributed by atoms with Gasteiger partial charge in [-0.25, -0.2) is 9.36 Å². The van der Waals surface area contributed by atoms with E-state index in [9.17, 15) is 38.9 Å². The largest absolute Gasteiger partial charge is 0.524 e. The highest BCUT2D eigenvalue weighted by atomic mass is 31.2. The molecule has 2 aromatic carbocycles. The van der Waals surface area contributed by atoms with E-state index in [1.54, 1.807) is 53.4 Å². The van der Waals surface area contributed by atoms with Crippen LogP contribution in [0.5, 0.6) is 5.75 Å². The summed E-state index contributed by atoms with van der Waals surface area (Å²) in [4.78, 5) is 77.4. The molecule has 2 saturated heterocycles. The minimum Gasteiger partial charge on any atom is -0.456 e. The summed E-state index contributed by atoms with van der Waals surface area (Å²) in [6.45, 7) is 6.35. The van der Waals surface area contributed by atoms with E-state index < -0.39 is 79.2 Å². The van der Waals surface area contributed by atoms with Crippen molar-refractivity contribution < 1.29 is 71.8 Å². The number of aryl methyl sites for hydroxylation is 1. The van der Waals surface area contributed by atoms with E-state index in [0.29, 0.717) is 43.4 Å². The number of unbranched alkanes of at least 4 members (excludes halogenated alkanes) is 4. The lowest BCUT2D eigenvalue weighted by Crippen LogP contribution is -2.64. The molecular weight excluding hydrogens is 1070 g/mol. The second-order valence-corrected chi connectivity index (χ2v) is 25.9. The van der Waals surface area contributed by atoms with Crippen LogP contribution in [0.25, 0.3) is 0 Å². The molecule has 3 aromatic rings. The van der Waals surface area contributed by atoms with Crippen molar-refractivity contribution in [1.29, 1.82) is 0 Å². The fourth-order valence-electron chi connectivity index (χ4n) is 15.5.